The number of carbonyl (C=O) groups excluding carboxylic acids is 4. The Morgan fingerprint density at radius 1 is 0.824 bits per heavy atom. The molecule has 0 radical (unpaired) electrons. The summed E-state index contributed by atoms with van der Waals surface area (Å²) in [5.74, 6) is -0.618. The number of hydrogen-bond donors (Lipinski definition) is 4. The Kier molecular flexibility index (Phi) is 8.89. The molecule has 0 bridgehead atoms. The van der Waals surface area contributed by atoms with Gasteiger partial charge in [-0.05, 0) is 57.4 Å². The van der Waals surface area contributed by atoms with E-state index >= 15 is 0 Å². The van der Waals surface area contributed by atoms with Crippen LogP contribution in [0.1, 0.15) is 51.1 Å². The second-order valence-electron chi connectivity index (χ2n) is 8.62. The summed E-state index contributed by atoms with van der Waals surface area (Å²) in [4.78, 5) is 50.0. The van der Waals surface area contributed by atoms with E-state index in [1.165, 1.54) is 12.5 Å². The summed E-state index contributed by atoms with van der Waals surface area (Å²) < 4.78 is 10.4. The normalized spacial score (nSPS) is 19.5. The molecule has 3 rings (SSSR count). The molecule has 2 aromatic rings. The molecule has 0 aliphatic heterocycles. The first-order valence-electron chi connectivity index (χ1n) is 11.5. The Morgan fingerprint density at radius 2 is 1.26 bits per heavy atom. The number of furan rings is 2. The van der Waals surface area contributed by atoms with Crippen LogP contribution in [0.5, 0.6) is 0 Å². The molecule has 1 aliphatic rings. The fourth-order valence-corrected chi connectivity index (χ4v) is 3.94. The van der Waals surface area contributed by atoms with E-state index in [4.69, 9.17) is 8.83 Å². The highest BCUT2D eigenvalue weighted by atomic mass is 16.3. The molecule has 4 N–H and O–H groups in total. The van der Waals surface area contributed by atoms with Crippen molar-refractivity contribution in [2.24, 2.45) is 11.8 Å². The number of hydrogen-bond acceptors (Lipinski definition) is 6. The molecular formula is C24H32N4O6. The first-order valence-corrected chi connectivity index (χ1v) is 11.5. The van der Waals surface area contributed by atoms with Crippen LogP contribution in [-0.2, 0) is 32.3 Å². The second kappa shape index (κ2) is 12.1. The molecule has 34 heavy (non-hydrogen) atoms. The van der Waals surface area contributed by atoms with Gasteiger partial charge in [0, 0.05) is 11.8 Å². The molecule has 4 unspecified atom stereocenters. The number of amides is 4. The van der Waals surface area contributed by atoms with Crippen LogP contribution in [0.4, 0.5) is 0 Å². The number of rotatable bonds is 10. The molecule has 2 heterocycles. The van der Waals surface area contributed by atoms with Crippen LogP contribution in [0, 0.1) is 11.8 Å². The quantitative estimate of drug-likeness (QED) is 0.414. The van der Waals surface area contributed by atoms with Crippen LogP contribution in [0.25, 0.3) is 0 Å². The zero-order chi connectivity index (χ0) is 24.5. The highest BCUT2D eigenvalue weighted by Crippen LogP contribution is 2.29. The van der Waals surface area contributed by atoms with Crippen molar-refractivity contribution >= 4 is 23.6 Å². The SMILES string of the molecule is CC(NC(=O)C1CCCC(C(=O)NC(C)C(=O)NCc2ccco2)C1)C(=O)NCc1ccco1. The van der Waals surface area contributed by atoms with Gasteiger partial charge in [-0.1, -0.05) is 6.42 Å². The Balaban J connectivity index is 1.42. The van der Waals surface area contributed by atoms with Gasteiger partial charge in [-0.2, -0.15) is 0 Å². The van der Waals surface area contributed by atoms with E-state index in [1.54, 1.807) is 38.1 Å². The largest absolute Gasteiger partial charge is 0.467 e. The van der Waals surface area contributed by atoms with Crippen molar-refractivity contribution in [3.05, 3.63) is 48.3 Å². The summed E-state index contributed by atoms with van der Waals surface area (Å²) in [5, 5.41) is 10.9. The van der Waals surface area contributed by atoms with Crippen molar-refractivity contribution in [1.29, 1.82) is 0 Å². The highest BCUT2D eigenvalue weighted by molar-refractivity contribution is 5.90. The molecule has 1 fully saturated rings. The van der Waals surface area contributed by atoms with Crippen LogP contribution in [0.2, 0.25) is 0 Å². The van der Waals surface area contributed by atoms with E-state index < -0.39 is 12.1 Å². The van der Waals surface area contributed by atoms with Gasteiger partial charge in [0.05, 0.1) is 25.6 Å². The lowest BCUT2D eigenvalue weighted by Gasteiger charge is -2.29. The fourth-order valence-electron chi connectivity index (χ4n) is 3.94. The van der Waals surface area contributed by atoms with Gasteiger partial charge < -0.3 is 30.1 Å². The van der Waals surface area contributed by atoms with E-state index in [1.807, 2.05) is 0 Å². The monoisotopic (exact) mass is 472 g/mol. The van der Waals surface area contributed by atoms with Gasteiger partial charge in [-0.25, -0.2) is 0 Å². The third-order valence-electron chi connectivity index (χ3n) is 5.95. The summed E-state index contributed by atoms with van der Waals surface area (Å²) in [5.41, 5.74) is 0. The van der Waals surface area contributed by atoms with Crippen LogP contribution in [0.15, 0.2) is 45.6 Å². The summed E-state index contributed by atoms with van der Waals surface area (Å²) in [7, 11) is 0. The predicted octanol–water partition coefficient (Wildman–Crippen LogP) is 1.62. The molecule has 4 amide bonds. The molecule has 0 saturated heterocycles. The topological polar surface area (TPSA) is 143 Å². The lowest BCUT2D eigenvalue weighted by molar-refractivity contribution is -0.135. The Bertz CT molecular complexity index is 880. The smallest absolute Gasteiger partial charge is 0.242 e. The zero-order valence-electron chi connectivity index (χ0n) is 19.5. The van der Waals surface area contributed by atoms with Crippen LogP contribution < -0.4 is 21.3 Å². The van der Waals surface area contributed by atoms with Crippen molar-refractivity contribution in [1.82, 2.24) is 21.3 Å². The Morgan fingerprint density at radius 3 is 1.65 bits per heavy atom. The maximum absolute atomic E-state index is 12.7. The lowest BCUT2D eigenvalue weighted by Crippen LogP contribution is -2.49. The van der Waals surface area contributed by atoms with E-state index in [0.29, 0.717) is 37.2 Å². The second-order valence-corrected chi connectivity index (χ2v) is 8.62. The van der Waals surface area contributed by atoms with Crippen LogP contribution >= 0.6 is 0 Å². The van der Waals surface area contributed by atoms with E-state index in [9.17, 15) is 19.2 Å². The van der Waals surface area contributed by atoms with E-state index in [-0.39, 0.29) is 48.6 Å². The minimum absolute atomic E-state index is 0.241. The van der Waals surface area contributed by atoms with E-state index in [2.05, 4.69) is 21.3 Å². The Hall–Kier alpha value is -3.56. The molecule has 2 aromatic heterocycles. The molecule has 10 heteroatoms. The average molecular weight is 473 g/mol. The minimum atomic E-state index is -0.713. The summed E-state index contributed by atoms with van der Waals surface area (Å²) in [6.07, 6.45) is 5.44. The number of nitrogens with one attached hydrogen (secondary N) is 4. The van der Waals surface area contributed by atoms with Crippen LogP contribution in [0.3, 0.4) is 0 Å². The Labute approximate surface area is 198 Å². The van der Waals surface area contributed by atoms with Gasteiger partial charge in [-0.3, -0.25) is 19.2 Å². The molecule has 184 valence electrons. The first kappa shape index (κ1) is 25.1. The number of carbonyl (C=O) groups is 4. The average Bonchev–Trinajstić information content (AvgIpc) is 3.55. The van der Waals surface area contributed by atoms with Crippen molar-refractivity contribution in [2.75, 3.05) is 0 Å². The van der Waals surface area contributed by atoms with Gasteiger partial charge in [0.25, 0.3) is 0 Å². The van der Waals surface area contributed by atoms with Crippen molar-refractivity contribution in [2.45, 2.75) is 64.7 Å². The molecule has 1 saturated carbocycles. The van der Waals surface area contributed by atoms with Crippen molar-refractivity contribution in [3.63, 3.8) is 0 Å². The summed E-state index contributed by atoms with van der Waals surface area (Å²) in [6.45, 7) is 3.72. The fraction of sp³-hybridized carbons (Fsp3) is 0.500. The summed E-state index contributed by atoms with van der Waals surface area (Å²) in [6, 6.07) is 5.54. The molecular weight excluding hydrogens is 440 g/mol. The summed E-state index contributed by atoms with van der Waals surface area (Å²) >= 11 is 0. The maximum atomic E-state index is 12.7. The maximum Gasteiger partial charge on any atom is 0.242 e. The van der Waals surface area contributed by atoms with Crippen LogP contribution in [-0.4, -0.2) is 35.7 Å². The van der Waals surface area contributed by atoms with E-state index in [0.717, 1.165) is 0 Å². The standard InChI is InChI=1S/C24H32N4O6/c1-15(21(29)25-13-19-8-4-10-33-19)27-23(31)17-6-3-7-18(12-17)24(32)28-16(2)22(30)26-14-20-9-5-11-34-20/h4-5,8-11,15-18H,3,6-7,12-14H2,1-2H3,(H,25,29)(H,26,30)(H,27,31)(H,28,32). The molecule has 4 atom stereocenters. The third-order valence-corrected chi connectivity index (χ3v) is 5.95. The molecule has 0 aromatic carbocycles. The highest BCUT2D eigenvalue weighted by Gasteiger charge is 2.33. The van der Waals surface area contributed by atoms with Crippen molar-refractivity contribution < 1.29 is 28.0 Å². The van der Waals surface area contributed by atoms with Gasteiger partial charge in [0.15, 0.2) is 0 Å². The molecule has 10 nitrogen and oxygen atoms in total. The van der Waals surface area contributed by atoms with Gasteiger partial charge in [0.1, 0.15) is 23.6 Å². The lowest BCUT2D eigenvalue weighted by atomic mass is 9.80. The van der Waals surface area contributed by atoms with Gasteiger partial charge in [-0.15, -0.1) is 0 Å². The first-order chi connectivity index (χ1) is 16.3. The zero-order valence-corrected chi connectivity index (χ0v) is 19.5. The molecule has 1 aliphatic carbocycles. The van der Waals surface area contributed by atoms with Gasteiger partial charge >= 0.3 is 0 Å². The third kappa shape index (κ3) is 7.23. The predicted molar refractivity (Wildman–Crippen MR) is 122 cm³/mol. The van der Waals surface area contributed by atoms with Crippen molar-refractivity contribution in [3.8, 4) is 0 Å². The minimum Gasteiger partial charge on any atom is -0.467 e. The van der Waals surface area contributed by atoms with Gasteiger partial charge in [0.2, 0.25) is 23.6 Å². The molecule has 0 spiro atoms.